The van der Waals surface area contributed by atoms with Gasteiger partial charge in [0.05, 0.1) is 32.9 Å². The van der Waals surface area contributed by atoms with Crippen LogP contribution in [-0.4, -0.2) is 38.1 Å². The first-order valence-electron chi connectivity index (χ1n) is 12.0. The van der Waals surface area contributed by atoms with E-state index in [0.717, 1.165) is 16.3 Å². The maximum Gasteiger partial charge on any atom is 0.300 e. The van der Waals surface area contributed by atoms with E-state index in [-0.39, 0.29) is 11.3 Å². The lowest BCUT2D eigenvalue weighted by Gasteiger charge is -2.26. The highest BCUT2D eigenvalue weighted by molar-refractivity contribution is 6.51. The molecule has 1 N–H and O–H groups in total. The number of hydrogen-bond acceptors (Lipinski definition) is 6. The molecule has 7 nitrogen and oxygen atoms in total. The van der Waals surface area contributed by atoms with Gasteiger partial charge in [0.2, 0.25) is 5.75 Å². The molecule has 192 valence electrons. The molecule has 1 aliphatic heterocycles. The molecule has 38 heavy (non-hydrogen) atoms. The van der Waals surface area contributed by atoms with Gasteiger partial charge in [0, 0.05) is 11.3 Å². The van der Waals surface area contributed by atoms with Gasteiger partial charge < -0.3 is 19.3 Å². The Bertz CT molecular complexity index is 1560. The molecule has 5 rings (SSSR count). The molecule has 7 heteroatoms. The first-order chi connectivity index (χ1) is 18.4. The summed E-state index contributed by atoms with van der Waals surface area (Å²) in [5.74, 6) is -0.683. The van der Waals surface area contributed by atoms with Gasteiger partial charge in [-0.05, 0) is 53.6 Å². The lowest BCUT2D eigenvalue weighted by molar-refractivity contribution is -0.132. The quantitative estimate of drug-likeness (QED) is 0.201. The van der Waals surface area contributed by atoms with Crippen LogP contribution in [0.2, 0.25) is 0 Å². The Morgan fingerprint density at radius 3 is 2.03 bits per heavy atom. The molecular weight excluding hydrogens is 482 g/mol. The average molecular weight is 510 g/mol. The molecule has 4 aromatic carbocycles. The number of Topliss-reactive ketones (excluding diaryl/α,β-unsaturated/α-hetero) is 1. The number of carbonyl (C=O) groups is 2. The van der Waals surface area contributed by atoms with Crippen LogP contribution in [0.25, 0.3) is 16.5 Å². The number of rotatable bonds is 6. The molecule has 1 fully saturated rings. The zero-order valence-electron chi connectivity index (χ0n) is 21.5. The number of amides is 1. The van der Waals surface area contributed by atoms with E-state index in [1.165, 1.54) is 26.2 Å². The van der Waals surface area contributed by atoms with Crippen LogP contribution in [0.1, 0.15) is 22.7 Å². The minimum atomic E-state index is -0.946. The summed E-state index contributed by atoms with van der Waals surface area (Å²) in [6.07, 6.45) is 0. The summed E-state index contributed by atoms with van der Waals surface area (Å²) in [5, 5.41) is 13.4. The Morgan fingerprint density at radius 2 is 1.42 bits per heavy atom. The fourth-order valence-corrected chi connectivity index (χ4v) is 4.87. The van der Waals surface area contributed by atoms with Crippen molar-refractivity contribution in [2.75, 3.05) is 26.2 Å². The average Bonchev–Trinajstić information content (AvgIpc) is 3.21. The van der Waals surface area contributed by atoms with Gasteiger partial charge in [0.25, 0.3) is 11.7 Å². The van der Waals surface area contributed by atoms with Crippen molar-refractivity contribution in [1.82, 2.24) is 0 Å². The number of fused-ring (bicyclic) bond motifs is 1. The lowest BCUT2D eigenvalue weighted by Crippen LogP contribution is -2.29. The van der Waals surface area contributed by atoms with Gasteiger partial charge in [-0.3, -0.25) is 14.5 Å². The molecule has 4 aromatic rings. The number of methoxy groups -OCH3 is 3. The van der Waals surface area contributed by atoms with Crippen LogP contribution in [-0.2, 0) is 9.59 Å². The minimum absolute atomic E-state index is 0.0277. The van der Waals surface area contributed by atoms with Crippen molar-refractivity contribution in [3.05, 3.63) is 101 Å². The molecule has 0 bridgehead atoms. The number of nitrogens with zero attached hydrogens (tertiary/aromatic N) is 1. The molecule has 0 aromatic heterocycles. The van der Waals surface area contributed by atoms with E-state index in [2.05, 4.69) is 0 Å². The van der Waals surface area contributed by atoms with Crippen molar-refractivity contribution in [1.29, 1.82) is 0 Å². The van der Waals surface area contributed by atoms with Crippen molar-refractivity contribution in [3.8, 4) is 17.2 Å². The van der Waals surface area contributed by atoms with Gasteiger partial charge in [-0.2, -0.15) is 0 Å². The fraction of sp³-hybridized carbons (Fsp3) is 0.161. The Balaban J connectivity index is 1.78. The number of aryl methyl sites for hydroxylation is 1. The molecular formula is C31H27NO6. The van der Waals surface area contributed by atoms with Crippen LogP contribution >= 0.6 is 0 Å². The van der Waals surface area contributed by atoms with E-state index >= 15 is 0 Å². The number of hydrogen-bond donors (Lipinski definition) is 1. The van der Waals surface area contributed by atoms with Gasteiger partial charge in [0.1, 0.15) is 5.76 Å². The summed E-state index contributed by atoms with van der Waals surface area (Å²) < 4.78 is 16.6. The molecule has 1 heterocycles. The number of aliphatic hydroxyl groups excluding tert-OH is 1. The first kappa shape index (κ1) is 24.9. The summed E-state index contributed by atoms with van der Waals surface area (Å²) >= 11 is 0. The molecule has 0 spiro atoms. The Morgan fingerprint density at radius 1 is 0.789 bits per heavy atom. The van der Waals surface area contributed by atoms with Gasteiger partial charge >= 0.3 is 0 Å². The monoisotopic (exact) mass is 509 g/mol. The molecule has 0 saturated carbocycles. The van der Waals surface area contributed by atoms with Crippen molar-refractivity contribution < 1.29 is 28.9 Å². The summed E-state index contributed by atoms with van der Waals surface area (Å²) in [6, 6.07) is 22.8. The highest BCUT2D eigenvalue weighted by Crippen LogP contribution is 2.47. The number of anilines is 1. The minimum Gasteiger partial charge on any atom is -0.507 e. The predicted octanol–water partition coefficient (Wildman–Crippen LogP) is 5.80. The highest BCUT2D eigenvalue weighted by Gasteiger charge is 2.47. The summed E-state index contributed by atoms with van der Waals surface area (Å²) in [6.45, 7) is 1.94. The molecule has 1 unspecified atom stereocenters. The van der Waals surface area contributed by atoms with E-state index in [1.54, 1.807) is 36.4 Å². The largest absolute Gasteiger partial charge is 0.507 e. The van der Waals surface area contributed by atoms with Crippen LogP contribution in [0.4, 0.5) is 5.69 Å². The van der Waals surface area contributed by atoms with Crippen molar-refractivity contribution >= 4 is 33.9 Å². The zero-order chi connectivity index (χ0) is 27.0. The number of carbonyl (C=O) groups excluding carboxylic acids is 2. The summed E-state index contributed by atoms with van der Waals surface area (Å²) in [5.41, 5.74) is 2.45. The molecule has 1 saturated heterocycles. The van der Waals surface area contributed by atoms with Gasteiger partial charge in [0.15, 0.2) is 11.5 Å². The van der Waals surface area contributed by atoms with E-state index in [4.69, 9.17) is 14.2 Å². The van der Waals surface area contributed by atoms with Crippen LogP contribution in [0, 0.1) is 6.92 Å². The van der Waals surface area contributed by atoms with Crippen molar-refractivity contribution in [2.24, 2.45) is 0 Å². The third-order valence-corrected chi connectivity index (χ3v) is 6.78. The Kier molecular flexibility index (Phi) is 6.51. The third kappa shape index (κ3) is 4.12. The zero-order valence-corrected chi connectivity index (χ0v) is 21.5. The standard InChI is InChI=1S/C31H27NO6/c1-18-9-13-23(14-10-18)32-27(22-16-24(36-2)30(38-4)25(17-22)37-3)26(29(34)31(32)35)28(33)21-12-11-19-7-5-6-8-20(19)15-21/h5-17,27,33H,1-4H3/b28-26+. The van der Waals surface area contributed by atoms with Crippen LogP contribution in [0.3, 0.4) is 0 Å². The van der Waals surface area contributed by atoms with E-state index in [0.29, 0.717) is 34.1 Å². The fourth-order valence-electron chi connectivity index (χ4n) is 4.87. The lowest BCUT2D eigenvalue weighted by atomic mass is 9.93. The smallest absolute Gasteiger partial charge is 0.300 e. The number of ketones is 1. The first-order valence-corrected chi connectivity index (χ1v) is 12.0. The second-order valence-electron chi connectivity index (χ2n) is 9.03. The molecule has 1 amide bonds. The van der Waals surface area contributed by atoms with E-state index in [1.807, 2.05) is 49.4 Å². The molecule has 0 radical (unpaired) electrons. The SMILES string of the molecule is COc1cc(C2/C(=C(\O)c3ccc4ccccc4c3)C(=O)C(=O)N2c2ccc(C)cc2)cc(OC)c1OC. The molecule has 1 aliphatic rings. The summed E-state index contributed by atoms with van der Waals surface area (Å²) in [7, 11) is 4.48. The van der Waals surface area contributed by atoms with Crippen molar-refractivity contribution in [3.63, 3.8) is 0 Å². The summed E-state index contributed by atoms with van der Waals surface area (Å²) in [4.78, 5) is 28.5. The molecule has 0 aliphatic carbocycles. The number of aliphatic hydroxyl groups is 1. The van der Waals surface area contributed by atoms with Crippen molar-refractivity contribution in [2.45, 2.75) is 13.0 Å². The van der Waals surface area contributed by atoms with Crippen LogP contribution in [0.15, 0.2) is 84.4 Å². The second-order valence-corrected chi connectivity index (χ2v) is 9.03. The van der Waals surface area contributed by atoms with Crippen LogP contribution < -0.4 is 19.1 Å². The predicted molar refractivity (Wildman–Crippen MR) is 146 cm³/mol. The maximum atomic E-state index is 13.6. The van der Waals surface area contributed by atoms with Gasteiger partial charge in [-0.1, -0.05) is 54.1 Å². The third-order valence-electron chi connectivity index (χ3n) is 6.78. The number of benzene rings is 4. The van der Waals surface area contributed by atoms with Gasteiger partial charge in [-0.15, -0.1) is 0 Å². The normalized spacial score (nSPS) is 16.6. The second kappa shape index (κ2) is 9.94. The van der Waals surface area contributed by atoms with Gasteiger partial charge in [-0.25, -0.2) is 0 Å². The van der Waals surface area contributed by atoms with Crippen LogP contribution in [0.5, 0.6) is 17.2 Å². The Labute approximate surface area is 220 Å². The van der Waals surface area contributed by atoms with E-state index in [9.17, 15) is 14.7 Å². The highest BCUT2D eigenvalue weighted by atomic mass is 16.5. The maximum absolute atomic E-state index is 13.6. The van der Waals surface area contributed by atoms with E-state index < -0.39 is 17.7 Å². The topological polar surface area (TPSA) is 85.3 Å². The molecule has 1 atom stereocenters. The number of ether oxygens (including phenoxy) is 3. The Hall–Kier alpha value is -4.78.